The van der Waals surface area contributed by atoms with E-state index < -0.39 is 11.7 Å². The maximum Gasteiger partial charge on any atom is 0.416 e. The first kappa shape index (κ1) is 23.2. The molecule has 0 spiro atoms. The van der Waals surface area contributed by atoms with Crippen LogP contribution in [0.4, 0.5) is 18.9 Å². The minimum atomic E-state index is -4.33. The molecule has 1 aliphatic heterocycles. The van der Waals surface area contributed by atoms with Crippen LogP contribution >= 0.6 is 34.8 Å². The van der Waals surface area contributed by atoms with E-state index >= 15 is 0 Å². The van der Waals surface area contributed by atoms with Crippen LogP contribution in [-0.4, -0.2) is 24.5 Å². The van der Waals surface area contributed by atoms with E-state index in [1.807, 2.05) is 36.4 Å². The Balaban J connectivity index is 1.58. The molecule has 0 N–H and O–H groups in total. The monoisotopic (exact) mass is 498 g/mol. The number of piperazine rings is 1. The Morgan fingerprint density at radius 1 is 0.812 bits per heavy atom. The topological polar surface area (TPSA) is 6.48 Å². The summed E-state index contributed by atoms with van der Waals surface area (Å²) < 4.78 is 38.6. The van der Waals surface area contributed by atoms with Crippen molar-refractivity contribution in [3.05, 3.63) is 98.5 Å². The summed E-state index contributed by atoms with van der Waals surface area (Å²) in [5, 5.41) is 1.80. The van der Waals surface area contributed by atoms with Gasteiger partial charge in [-0.3, -0.25) is 4.90 Å². The van der Waals surface area contributed by atoms with E-state index in [-0.39, 0.29) is 6.04 Å². The average Bonchev–Trinajstić information content (AvgIpc) is 2.74. The predicted octanol–water partition coefficient (Wildman–Crippen LogP) is 7.73. The lowest BCUT2D eigenvalue weighted by Gasteiger charge is -2.43. The summed E-state index contributed by atoms with van der Waals surface area (Å²) in [6.07, 6.45) is -4.33. The number of hydrogen-bond donors (Lipinski definition) is 0. The van der Waals surface area contributed by atoms with E-state index in [4.69, 9.17) is 34.8 Å². The molecule has 8 heteroatoms. The summed E-state index contributed by atoms with van der Waals surface area (Å²) in [7, 11) is 0. The zero-order chi connectivity index (χ0) is 22.9. The lowest BCUT2D eigenvalue weighted by molar-refractivity contribution is -0.137. The van der Waals surface area contributed by atoms with Gasteiger partial charge in [0, 0.05) is 36.2 Å². The molecule has 1 atom stereocenters. The SMILES string of the molecule is FC(F)(F)c1ccc(CN2CCN(c3ccc(Cl)cc3Cl)C(c3ccc(Cl)cc3)C2)cc1. The van der Waals surface area contributed by atoms with Gasteiger partial charge in [-0.25, -0.2) is 0 Å². The largest absolute Gasteiger partial charge is 0.416 e. The summed E-state index contributed by atoms with van der Waals surface area (Å²) in [6, 6.07) is 18.5. The second-order valence-electron chi connectivity index (χ2n) is 7.79. The van der Waals surface area contributed by atoms with Crippen molar-refractivity contribution in [3.8, 4) is 0 Å². The highest BCUT2D eigenvalue weighted by Gasteiger charge is 2.31. The van der Waals surface area contributed by atoms with Gasteiger partial charge < -0.3 is 4.90 Å². The molecule has 168 valence electrons. The predicted molar refractivity (Wildman–Crippen MR) is 125 cm³/mol. The molecular weight excluding hydrogens is 480 g/mol. The highest BCUT2D eigenvalue weighted by Crippen LogP contribution is 2.37. The van der Waals surface area contributed by atoms with Crippen LogP contribution in [0.3, 0.4) is 0 Å². The zero-order valence-corrected chi connectivity index (χ0v) is 19.2. The summed E-state index contributed by atoms with van der Waals surface area (Å²) in [6.45, 7) is 2.69. The first-order chi connectivity index (χ1) is 15.2. The standard InChI is InChI=1S/C24H20Cl3F3N2/c25-19-7-3-17(4-8-19)23-15-31(14-16-1-5-18(6-2-16)24(28,29)30)11-12-32(23)22-10-9-20(26)13-21(22)27/h1-10,13,23H,11-12,14-15H2. The van der Waals surface area contributed by atoms with E-state index in [9.17, 15) is 13.2 Å². The van der Waals surface area contributed by atoms with Gasteiger partial charge in [-0.05, 0) is 53.6 Å². The van der Waals surface area contributed by atoms with E-state index in [0.717, 1.165) is 35.5 Å². The summed E-state index contributed by atoms with van der Waals surface area (Å²) >= 11 is 18.7. The van der Waals surface area contributed by atoms with Crippen molar-refractivity contribution in [2.45, 2.75) is 18.8 Å². The van der Waals surface area contributed by atoms with Gasteiger partial charge in [0.15, 0.2) is 0 Å². The van der Waals surface area contributed by atoms with E-state index in [1.165, 1.54) is 0 Å². The molecule has 1 fully saturated rings. The zero-order valence-electron chi connectivity index (χ0n) is 16.9. The normalized spacial score (nSPS) is 17.6. The minimum absolute atomic E-state index is 0.00543. The van der Waals surface area contributed by atoms with Crippen LogP contribution in [-0.2, 0) is 12.7 Å². The van der Waals surface area contributed by atoms with Crippen LogP contribution in [0.25, 0.3) is 0 Å². The van der Waals surface area contributed by atoms with Crippen LogP contribution in [0.5, 0.6) is 0 Å². The molecule has 0 radical (unpaired) electrons. The van der Waals surface area contributed by atoms with Gasteiger partial charge in [0.2, 0.25) is 0 Å². The Hall–Kier alpha value is -1.92. The van der Waals surface area contributed by atoms with Gasteiger partial charge in [0.1, 0.15) is 0 Å². The molecule has 0 aromatic heterocycles. The Morgan fingerprint density at radius 2 is 1.47 bits per heavy atom. The minimum Gasteiger partial charge on any atom is -0.361 e. The Labute approximate surface area is 200 Å². The number of benzene rings is 3. The molecule has 0 aliphatic carbocycles. The van der Waals surface area contributed by atoms with Crippen molar-refractivity contribution in [2.24, 2.45) is 0 Å². The second kappa shape index (κ2) is 9.52. The maximum atomic E-state index is 12.9. The fourth-order valence-corrected chi connectivity index (χ4v) is 4.66. The first-order valence-corrected chi connectivity index (χ1v) is 11.2. The van der Waals surface area contributed by atoms with Crippen LogP contribution in [0, 0.1) is 0 Å². The number of nitrogens with zero attached hydrogens (tertiary/aromatic N) is 2. The molecule has 3 aromatic rings. The highest BCUT2D eigenvalue weighted by atomic mass is 35.5. The van der Waals surface area contributed by atoms with Crippen molar-refractivity contribution in [1.29, 1.82) is 0 Å². The Bertz CT molecular complexity index is 1070. The molecule has 1 aliphatic rings. The summed E-state index contributed by atoms with van der Waals surface area (Å²) in [4.78, 5) is 4.48. The van der Waals surface area contributed by atoms with Crippen LogP contribution < -0.4 is 4.90 Å². The van der Waals surface area contributed by atoms with Crippen molar-refractivity contribution >= 4 is 40.5 Å². The molecular formula is C24H20Cl3F3N2. The van der Waals surface area contributed by atoms with Gasteiger partial charge in [-0.1, -0.05) is 59.1 Å². The third-order valence-electron chi connectivity index (χ3n) is 5.63. The molecule has 1 heterocycles. The molecule has 2 nitrogen and oxygen atoms in total. The Morgan fingerprint density at radius 3 is 2.09 bits per heavy atom. The van der Waals surface area contributed by atoms with Crippen molar-refractivity contribution in [3.63, 3.8) is 0 Å². The quantitative estimate of drug-likeness (QED) is 0.362. The van der Waals surface area contributed by atoms with E-state index in [0.29, 0.717) is 34.7 Å². The fraction of sp³-hybridized carbons (Fsp3) is 0.250. The fourth-order valence-electron chi connectivity index (χ4n) is 4.01. The van der Waals surface area contributed by atoms with E-state index in [1.54, 1.807) is 18.2 Å². The molecule has 1 unspecified atom stereocenters. The Kier molecular flexibility index (Phi) is 6.91. The first-order valence-electron chi connectivity index (χ1n) is 10.1. The third-order valence-corrected chi connectivity index (χ3v) is 6.42. The number of rotatable bonds is 4. The molecule has 4 rings (SSSR count). The molecule has 0 saturated carbocycles. The summed E-state index contributed by atoms with van der Waals surface area (Å²) in [5.74, 6) is 0. The van der Waals surface area contributed by atoms with Gasteiger partial charge in [-0.15, -0.1) is 0 Å². The van der Waals surface area contributed by atoms with Crippen LogP contribution in [0.15, 0.2) is 66.7 Å². The van der Waals surface area contributed by atoms with Gasteiger partial charge in [0.25, 0.3) is 0 Å². The maximum absolute atomic E-state index is 12.9. The van der Waals surface area contributed by atoms with E-state index in [2.05, 4.69) is 9.80 Å². The van der Waals surface area contributed by atoms with Gasteiger partial charge in [0.05, 0.1) is 22.3 Å². The smallest absolute Gasteiger partial charge is 0.361 e. The van der Waals surface area contributed by atoms with Crippen molar-refractivity contribution < 1.29 is 13.2 Å². The summed E-state index contributed by atoms with van der Waals surface area (Å²) in [5.41, 5.74) is 2.18. The molecule has 0 amide bonds. The molecule has 3 aromatic carbocycles. The number of hydrogen-bond acceptors (Lipinski definition) is 2. The van der Waals surface area contributed by atoms with Gasteiger partial charge >= 0.3 is 6.18 Å². The number of anilines is 1. The highest BCUT2D eigenvalue weighted by molar-refractivity contribution is 6.36. The lowest BCUT2D eigenvalue weighted by Crippen LogP contribution is -2.48. The number of halogens is 6. The van der Waals surface area contributed by atoms with Crippen molar-refractivity contribution in [2.75, 3.05) is 24.5 Å². The van der Waals surface area contributed by atoms with Crippen molar-refractivity contribution in [1.82, 2.24) is 4.90 Å². The molecule has 32 heavy (non-hydrogen) atoms. The molecule has 1 saturated heterocycles. The van der Waals surface area contributed by atoms with Crippen LogP contribution in [0.1, 0.15) is 22.7 Å². The number of alkyl halides is 3. The van der Waals surface area contributed by atoms with Crippen LogP contribution in [0.2, 0.25) is 15.1 Å². The average molecular weight is 500 g/mol. The third kappa shape index (κ3) is 5.34. The van der Waals surface area contributed by atoms with Gasteiger partial charge in [-0.2, -0.15) is 13.2 Å². The second-order valence-corrected chi connectivity index (χ2v) is 9.07. The molecule has 0 bridgehead atoms. The lowest BCUT2D eigenvalue weighted by atomic mass is 10.0.